The molecule has 0 bridgehead atoms. The summed E-state index contributed by atoms with van der Waals surface area (Å²) >= 11 is 0. The monoisotopic (exact) mass is 231 g/mol. The highest BCUT2D eigenvalue weighted by Gasteiger charge is 2.26. The molecule has 0 amide bonds. The summed E-state index contributed by atoms with van der Waals surface area (Å²) in [5.41, 5.74) is 9.38. The first-order valence-electron chi connectivity index (χ1n) is 4.89. The Hall–Kier alpha value is -1.43. The molecular weight excluding hydrogens is 213 g/mol. The van der Waals surface area contributed by atoms with E-state index in [9.17, 15) is 9.18 Å². The molecule has 16 heavy (non-hydrogen) atoms. The second kappa shape index (κ2) is 6.22. The quantitative estimate of drug-likeness (QED) is 0.464. The Morgan fingerprint density at radius 2 is 2.19 bits per heavy atom. The zero-order chi connectivity index (χ0) is 12.8. The molecule has 0 aromatic heterocycles. The van der Waals surface area contributed by atoms with E-state index in [-0.39, 0.29) is 19.4 Å². The second-order valence-corrected chi connectivity index (χ2v) is 3.87. The smallest absolute Gasteiger partial charge is 0.323 e. The molecule has 0 unspecified atom stereocenters. The number of rotatable bonds is 6. The molecule has 6 heteroatoms. The summed E-state index contributed by atoms with van der Waals surface area (Å²) in [4.78, 5) is 14.3. The van der Waals surface area contributed by atoms with Crippen LogP contribution >= 0.6 is 0 Å². The SMILES string of the molecule is CC(N)=NC/C(F)=C/CC[C@](C)(N)C(=O)O. The molecule has 1 atom stereocenters. The number of carbonyl (C=O) groups is 1. The molecule has 0 saturated carbocycles. The van der Waals surface area contributed by atoms with Crippen LogP contribution in [0.25, 0.3) is 0 Å². The largest absolute Gasteiger partial charge is 0.480 e. The predicted molar refractivity (Wildman–Crippen MR) is 60.8 cm³/mol. The molecule has 0 radical (unpaired) electrons. The first-order chi connectivity index (χ1) is 7.25. The minimum atomic E-state index is -1.33. The lowest BCUT2D eigenvalue weighted by molar-refractivity contribution is -0.142. The number of aliphatic imine (C=N–C) groups is 1. The Bertz CT molecular complexity index is 307. The van der Waals surface area contributed by atoms with Crippen LogP contribution in [0.3, 0.4) is 0 Å². The lowest BCUT2D eigenvalue weighted by Gasteiger charge is -2.17. The number of allylic oxidation sites excluding steroid dienone is 1. The number of carboxylic acid groups (broad SMARTS) is 1. The average Bonchev–Trinajstić information content (AvgIpc) is 2.14. The van der Waals surface area contributed by atoms with Crippen LogP contribution in [0.4, 0.5) is 4.39 Å². The molecule has 0 aromatic carbocycles. The van der Waals surface area contributed by atoms with E-state index in [1.54, 1.807) is 6.92 Å². The number of nitrogens with two attached hydrogens (primary N) is 2. The number of nitrogens with zero attached hydrogens (tertiary/aromatic N) is 1. The van der Waals surface area contributed by atoms with E-state index in [0.717, 1.165) is 0 Å². The van der Waals surface area contributed by atoms with Crippen molar-refractivity contribution in [2.75, 3.05) is 6.54 Å². The molecule has 0 aliphatic carbocycles. The molecule has 0 aromatic rings. The van der Waals surface area contributed by atoms with Gasteiger partial charge in [-0.15, -0.1) is 0 Å². The fourth-order valence-corrected chi connectivity index (χ4v) is 0.900. The molecule has 0 aliphatic heterocycles. The zero-order valence-corrected chi connectivity index (χ0v) is 9.53. The predicted octanol–water partition coefficient (Wildman–Crippen LogP) is 0.799. The third-order valence-corrected chi connectivity index (χ3v) is 2.00. The lowest BCUT2D eigenvalue weighted by atomic mass is 9.97. The van der Waals surface area contributed by atoms with E-state index in [1.165, 1.54) is 13.0 Å². The van der Waals surface area contributed by atoms with E-state index >= 15 is 0 Å². The second-order valence-electron chi connectivity index (χ2n) is 3.87. The van der Waals surface area contributed by atoms with Gasteiger partial charge >= 0.3 is 5.97 Å². The van der Waals surface area contributed by atoms with Crippen LogP contribution < -0.4 is 11.5 Å². The van der Waals surface area contributed by atoms with Gasteiger partial charge in [0.05, 0.1) is 12.4 Å². The number of halogens is 1. The maximum Gasteiger partial charge on any atom is 0.323 e. The van der Waals surface area contributed by atoms with Gasteiger partial charge in [-0.1, -0.05) is 6.08 Å². The van der Waals surface area contributed by atoms with Gasteiger partial charge in [-0.25, -0.2) is 4.39 Å². The van der Waals surface area contributed by atoms with Gasteiger partial charge in [0.2, 0.25) is 0 Å². The van der Waals surface area contributed by atoms with Gasteiger partial charge in [-0.05, 0) is 26.7 Å². The highest BCUT2D eigenvalue weighted by molar-refractivity contribution is 5.78. The summed E-state index contributed by atoms with van der Waals surface area (Å²) in [5.74, 6) is -1.24. The third kappa shape index (κ3) is 6.13. The van der Waals surface area contributed by atoms with Gasteiger partial charge < -0.3 is 16.6 Å². The van der Waals surface area contributed by atoms with Crippen LogP contribution in [0.2, 0.25) is 0 Å². The van der Waals surface area contributed by atoms with Crippen LogP contribution in [-0.2, 0) is 4.79 Å². The molecule has 0 rings (SSSR count). The topological polar surface area (TPSA) is 102 Å². The maximum atomic E-state index is 13.0. The summed E-state index contributed by atoms with van der Waals surface area (Å²) in [5, 5.41) is 8.70. The molecule has 92 valence electrons. The van der Waals surface area contributed by atoms with E-state index in [0.29, 0.717) is 5.84 Å². The van der Waals surface area contributed by atoms with Crippen LogP contribution in [0.5, 0.6) is 0 Å². The third-order valence-electron chi connectivity index (χ3n) is 2.00. The number of aliphatic carboxylic acids is 1. The molecule has 5 N–H and O–H groups in total. The lowest BCUT2D eigenvalue weighted by Crippen LogP contribution is -2.44. The minimum Gasteiger partial charge on any atom is -0.480 e. The highest BCUT2D eigenvalue weighted by Crippen LogP contribution is 2.11. The summed E-state index contributed by atoms with van der Waals surface area (Å²) in [6, 6.07) is 0. The van der Waals surface area contributed by atoms with Gasteiger partial charge in [0.15, 0.2) is 0 Å². The van der Waals surface area contributed by atoms with E-state index in [1.807, 2.05) is 0 Å². The van der Waals surface area contributed by atoms with Crippen LogP contribution in [0, 0.1) is 0 Å². The molecule has 0 aliphatic rings. The highest BCUT2D eigenvalue weighted by atomic mass is 19.1. The summed E-state index contributed by atoms with van der Waals surface area (Å²) in [7, 11) is 0. The van der Waals surface area contributed by atoms with Crippen LogP contribution in [0.1, 0.15) is 26.7 Å². The van der Waals surface area contributed by atoms with Crippen molar-refractivity contribution in [3.05, 3.63) is 11.9 Å². The van der Waals surface area contributed by atoms with Gasteiger partial charge in [0.1, 0.15) is 11.4 Å². The van der Waals surface area contributed by atoms with Crippen molar-refractivity contribution in [3.63, 3.8) is 0 Å². The van der Waals surface area contributed by atoms with Crippen molar-refractivity contribution in [2.45, 2.75) is 32.2 Å². The van der Waals surface area contributed by atoms with E-state index in [4.69, 9.17) is 16.6 Å². The molecular formula is C10H18FN3O2. The van der Waals surface area contributed by atoms with Crippen molar-refractivity contribution in [1.82, 2.24) is 0 Å². The van der Waals surface area contributed by atoms with Gasteiger partial charge in [-0.2, -0.15) is 0 Å². The molecule has 0 heterocycles. The molecule has 0 fully saturated rings. The molecule has 0 spiro atoms. The standard InChI is InChI=1S/C10H18FN3O2/c1-7(12)14-6-8(11)4-3-5-10(2,13)9(15)16/h4H,3,5-6,13H2,1-2H3,(H2,12,14)(H,15,16)/b8-4-/t10-/m0/s1. The van der Waals surface area contributed by atoms with Crippen LogP contribution in [-0.4, -0.2) is 29.0 Å². The van der Waals surface area contributed by atoms with Gasteiger partial charge in [-0.3, -0.25) is 9.79 Å². The van der Waals surface area contributed by atoms with Crippen molar-refractivity contribution in [2.24, 2.45) is 16.5 Å². The Balaban J connectivity index is 4.10. The zero-order valence-electron chi connectivity index (χ0n) is 9.53. The first-order valence-corrected chi connectivity index (χ1v) is 4.89. The summed E-state index contributed by atoms with van der Waals surface area (Å²) in [6.07, 6.45) is 1.70. The summed E-state index contributed by atoms with van der Waals surface area (Å²) < 4.78 is 13.0. The number of hydrogen-bond acceptors (Lipinski definition) is 3. The Morgan fingerprint density at radius 3 is 2.62 bits per heavy atom. The van der Waals surface area contributed by atoms with Gasteiger partial charge in [0.25, 0.3) is 0 Å². The van der Waals surface area contributed by atoms with Crippen molar-refractivity contribution in [3.8, 4) is 0 Å². The Labute approximate surface area is 94.0 Å². The first kappa shape index (κ1) is 14.6. The average molecular weight is 231 g/mol. The van der Waals surface area contributed by atoms with E-state index < -0.39 is 17.3 Å². The van der Waals surface area contributed by atoms with Crippen molar-refractivity contribution < 1.29 is 14.3 Å². The Kier molecular flexibility index (Phi) is 5.66. The van der Waals surface area contributed by atoms with Crippen molar-refractivity contribution >= 4 is 11.8 Å². The normalized spacial score (nSPS) is 17.0. The molecule has 5 nitrogen and oxygen atoms in total. The molecule has 0 saturated heterocycles. The minimum absolute atomic E-state index is 0.114. The number of hydrogen-bond donors (Lipinski definition) is 3. The van der Waals surface area contributed by atoms with Crippen LogP contribution in [0.15, 0.2) is 16.9 Å². The fraction of sp³-hybridized carbons (Fsp3) is 0.600. The number of amidine groups is 1. The Morgan fingerprint density at radius 1 is 1.62 bits per heavy atom. The van der Waals surface area contributed by atoms with E-state index in [2.05, 4.69) is 4.99 Å². The fourth-order valence-electron chi connectivity index (χ4n) is 0.900. The van der Waals surface area contributed by atoms with Crippen molar-refractivity contribution in [1.29, 1.82) is 0 Å². The number of carboxylic acids is 1. The maximum absolute atomic E-state index is 13.0. The van der Waals surface area contributed by atoms with Gasteiger partial charge in [0, 0.05) is 0 Å². The summed E-state index contributed by atoms with van der Waals surface area (Å²) in [6.45, 7) is 2.84.